The Kier molecular flexibility index (Phi) is 3.44. The third-order valence-corrected chi connectivity index (χ3v) is 4.32. The molecule has 1 aliphatic carbocycles. The highest BCUT2D eigenvalue weighted by Gasteiger charge is 2.25. The molecule has 1 aromatic rings. The number of fused-ring (bicyclic) bond motifs is 1. The highest BCUT2D eigenvalue weighted by Crippen LogP contribution is 2.31. The molecular formula is C14H21N3O2. The molecule has 3 rings (SSSR count). The Bertz CT molecular complexity index is 465. The molecule has 1 amide bonds. The van der Waals surface area contributed by atoms with Gasteiger partial charge in [-0.25, -0.2) is 0 Å². The van der Waals surface area contributed by atoms with Crippen molar-refractivity contribution >= 4 is 11.9 Å². The van der Waals surface area contributed by atoms with Crippen LogP contribution in [0.3, 0.4) is 0 Å². The molecule has 0 saturated heterocycles. The minimum absolute atomic E-state index is 0.212. The molecule has 2 heterocycles. The fourth-order valence-electron chi connectivity index (χ4n) is 2.91. The zero-order chi connectivity index (χ0) is 13.2. The second kappa shape index (κ2) is 5.23. The molecule has 0 atom stereocenters. The quantitative estimate of drug-likeness (QED) is 0.903. The van der Waals surface area contributed by atoms with E-state index in [9.17, 15) is 4.79 Å². The Morgan fingerprint density at radius 1 is 1.47 bits per heavy atom. The van der Waals surface area contributed by atoms with Crippen molar-refractivity contribution in [2.45, 2.75) is 51.5 Å². The zero-order valence-corrected chi connectivity index (χ0v) is 11.2. The van der Waals surface area contributed by atoms with Crippen LogP contribution in [0.5, 0.6) is 0 Å². The number of nitrogen functional groups attached to an aromatic ring is 1. The number of amides is 1. The summed E-state index contributed by atoms with van der Waals surface area (Å²) < 4.78 is 5.30. The number of hydrogen-bond donors (Lipinski definition) is 1. The van der Waals surface area contributed by atoms with Crippen LogP contribution in [0.4, 0.5) is 6.01 Å². The van der Waals surface area contributed by atoms with E-state index in [1.807, 2.05) is 4.90 Å². The van der Waals surface area contributed by atoms with E-state index in [2.05, 4.69) is 4.98 Å². The van der Waals surface area contributed by atoms with Crippen LogP contribution in [0.2, 0.25) is 0 Å². The smallest absolute Gasteiger partial charge is 0.292 e. The molecule has 5 heteroatoms. The first-order chi connectivity index (χ1) is 9.22. The van der Waals surface area contributed by atoms with Crippen molar-refractivity contribution in [1.82, 2.24) is 9.88 Å². The van der Waals surface area contributed by atoms with Crippen molar-refractivity contribution in [2.24, 2.45) is 5.92 Å². The second-order valence-corrected chi connectivity index (χ2v) is 5.68. The summed E-state index contributed by atoms with van der Waals surface area (Å²) in [5, 5.41) is 0. The van der Waals surface area contributed by atoms with Crippen LogP contribution in [-0.2, 0) is 17.8 Å². The first kappa shape index (κ1) is 12.5. The van der Waals surface area contributed by atoms with E-state index < -0.39 is 0 Å². The maximum absolute atomic E-state index is 12.1. The van der Waals surface area contributed by atoms with Crippen LogP contribution >= 0.6 is 0 Å². The molecule has 0 bridgehead atoms. The van der Waals surface area contributed by atoms with Gasteiger partial charge in [0.05, 0.1) is 6.54 Å². The number of anilines is 1. The van der Waals surface area contributed by atoms with Gasteiger partial charge >= 0.3 is 0 Å². The summed E-state index contributed by atoms with van der Waals surface area (Å²) in [6.45, 7) is 1.28. The molecule has 1 aliphatic heterocycles. The van der Waals surface area contributed by atoms with Crippen LogP contribution in [0.1, 0.15) is 50.0 Å². The van der Waals surface area contributed by atoms with Gasteiger partial charge in [-0.2, -0.15) is 4.98 Å². The molecular weight excluding hydrogens is 242 g/mol. The number of carbonyl (C=O) groups is 1. The van der Waals surface area contributed by atoms with Gasteiger partial charge in [0.2, 0.25) is 5.91 Å². The monoisotopic (exact) mass is 263 g/mol. The lowest BCUT2D eigenvalue weighted by molar-refractivity contribution is -0.132. The molecule has 0 unspecified atom stereocenters. The van der Waals surface area contributed by atoms with E-state index in [0.29, 0.717) is 13.0 Å². The normalized spacial score (nSPS) is 19.1. The van der Waals surface area contributed by atoms with Gasteiger partial charge < -0.3 is 15.1 Å². The number of rotatable bonds is 4. The van der Waals surface area contributed by atoms with E-state index in [4.69, 9.17) is 10.2 Å². The average molecular weight is 263 g/mol. The van der Waals surface area contributed by atoms with E-state index in [1.165, 1.54) is 25.7 Å². The van der Waals surface area contributed by atoms with Crippen molar-refractivity contribution in [3.63, 3.8) is 0 Å². The maximum atomic E-state index is 12.1. The molecule has 1 fully saturated rings. The summed E-state index contributed by atoms with van der Waals surface area (Å²) in [7, 11) is 0. The maximum Gasteiger partial charge on any atom is 0.292 e. The molecule has 2 N–H and O–H groups in total. The minimum atomic E-state index is 0.212. The number of hydrogen-bond acceptors (Lipinski definition) is 4. The fraction of sp³-hybridized carbons (Fsp3) is 0.714. The SMILES string of the molecule is Nc1nc2c(o1)CCN(C(=O)CCCC1CCC1)C2. The van der Waals surface area contributed by atoms with E-state index in [1.54, 1.807) is 0 Å². The molecule has 0 radical (unpaired) electrons. The van der Waals surface area contributed by atoms with Gasteiger partial charge in [-0.3, -0.25) is 4.79 Å². The molecule has 5 nitrogen and oxygen atoms in total. The number of carbonyl (C=O) groups excluding carboxylic acids is 1. The fourth-order valence-corrected chi connectivity index (χ4v) is 2.91. The first-order valence-electron chi connectivity index (χ1n) is 7.24. The summed E-state index contributed by atoms with van der Waals surface area (Å²) >= 11 is 0. The Hall–Kier alpha value is -1.52. The van der Waals surface area contributed by atoms with Gasteiger partial charge in [-0.15, -0.1) is 0 Å². The van der Waals surface area contributed by atoms with Gasteiger partial charge in [0.25, 0.3) is 6.01 Å². The minimum Gasteiger partial charge on any atom is -0.428 e. The van der Waals surface area contributed by atoms with Crippen LogP contribution in [0.15, 0.2) is 4.42 Å². The van der Waals surface area contributed by atoms with E-state index in [-0.39, 0.29) is 11.9 Å². The summed E-state index contributed by atoms with van der Waals surface area (Å²) in [4.78, 5) is 18.2. The summed E-state index contributed by atoms with van der Waals surface area (Å²) in [6.07, 6.45) is 7.72. The lowest BCUT2D eigenvalue weighted by Gasteiger charge is -2.27. The predicted molar refractivity (Wildman–Crippen MR) is 71.2 cm³/mol. The molecule has 2 aliphatic rings. The molecule has 19 heavy (non-hydrogen) atoms. The van der Waals surface area contributed by atoms with Crippen LogP contribution < -0.4 is 5.73 Å². The second-order valence-electron chi connectivity index (χ2n) is 5.68. The Labute approximate surface area is 113 Å². The van der Waals surface area contributed by atoms with Gasteiger partial charge in [0.15, 0.2) is 0 Å². The van der Waals surface area contributed by atoms with Crippen LogP contribution in [0, 0.1) is 5.92 Å². The number of nitrogens with zero attached hydrogens (tertiary/aromatic N) is 2. The van der Waals surface area contributed by atoms with Crippen molar-refractivity contribution in [2.75, 3.05) is 12.3 Å². The van der Waals surface area contributed by atoms with Gasteiger partial charge in [-0.1, -0.05) is 19.3 Å². The van der Waals surface area contributed by atoms with Crippen molar-refractivity contribution in [1.29, 1.82) is 0 Å². The number of aromatic nitrogens is 1. The molecule has 0 aromatic carbocycles. The van der Waals surface area contributed by atoms with Crippen molar-refractivity contribution in [3.8, 4) is 0 Å². The highest BCUT2D eigenvalue weighted by atomic mass is 16.4. The average Bonchev–Trinajstić information content (AvgIpc) is 2.70. The third kappa shape index (κ3) is 2.74. The molecule has 1 saturated carbocycles. The topological polar surface area (TPSA) is 72.4 Å². The van der Waals surface area contributed by atoms with Crippen LogP contribution in [-0.4, -0.2) is 22.3 Å². The Morgan fingerprint density at radius 3 is 3.05 bits per heavy atom. The predicted octanol–water partition coefficient (Wildman–Crippen LogP) is 2.11. The Balaban J connectivity index is 1.48. The number of nitrogens with two attached hydrogens (primary N) is 1. The van der Waals surface area contributed by atoms with Crippen LogP contribution in [0.25, 0.3) is 0 Å². The summed E-state index contributed by atoms with van der Waals surface area (Å²) in [5.74, 6) is 1.97. The van der Waals surface area contributed by atoms with Gasteiger partial charge in [0.1, 0.15) is 11.5 Å². The third-order valence-electron chi connectivity index (χ3n) is 4.32. The van der Waals surface area contributed by atoms with Crippen molar-refractivity contribution < 1.29 is 9.21 Å². The van der Waals surface area contributed by atoms with Gasteiger partial charge in [0, 0.05) is 19.4 Å². The lowest BCUT2D eigenvalue weighted by atomic mass is 9.82. The zero-order valence-electron chi connectivity index (χ0n) is 11.2. The Morgan fingerprint density at radius 2 is 2.32 bits per heavy atom. The highest BCUT2D eigenvalue weighted by molar-refractivity contribution is 5.76. The molecule has 1 aromatic heterocycles. The molecule has 104 valence electrons. The van der Waals surface area contributed by atoms with Gasteiger partial charge in [-0.05, 0) is 18.8 Å². The van der Waals surface area contributed by atoms with E-state index >= 15 is 0 Å². The van der Waals surface area contributed by atoms with Crippen molar-refractivity contribution in [3.05, 3.63) is 11.5 Å². The van der Waals surface area contributed by atoms with E-state index in [0.717, 1.165) is 36.8 Å². The summed E-state index contributed by atoms with van der Waals surface area (Å²) in [5.41, 5.74) is 6.36. The largest absolute Gasteiger partial charge is 0.428 e. The standard InChI is InChI=1S/C14H21N3O2/c15-14-16-11-9-17(8-7-12(11)19-14)13(18)6-2-5-10-3-1-4-10/h10H,1-9H2,(H2,15,16). The molecule has 0 spiro atoms. The first-order valence-corrected chi connectivity index (χ1v) is 7.24. The lowest BCUT2D eigenvalue weighted by Crippen LogP contribution is -2.35. The number of oxazole rings is 1. The summed E-state index contributed by atoms with van der Waals surface area (Å²) in [6, 6.07) is 0.212.